The number of rotatable bonds is 2. The van der Waals surface area contributed by atoms with Gasteiger partial charge >= 0.3 is 0 Å². The Morgan fingerprint density at radius 3 is 2.53 bits per heavy atom. The van der Waals surface area contributed by atoms with Crippen LogP contribution >= 0.6 is 28.3 Å². The molecular weight excluding hydrogens is 307 g/mol. The van der Waals surface area contributed by atoms with Crippen LogP contribution in [0.3, 0.4) is 0 Å². The lowest BCUT2D eigenvalue weighted by Crippen LogP contribution is -2.39. The van der Waals surface area contributed by atoms with Crippen LogP contribution in [0.2, 0.25) is 0 Å². The van der Waals surface area contributed by atoms with E-state index in [0.717, 1.165) is 42.5 Å². The highest BCUT2D eigenvalue weighted by molar-refractivity contribution is 9.10. The molecule has 96 valence electrons. The SMILES string of the molecule is Cl.NC1CCN(Cc2cc(F)cc(Br)c2)CC1. The number of piperidine rings is 1. The maximum atomic E-state index is 13.2. The predicted octanol–water partition coefficient (Wildman–Crippen LogP) is 2.93. The number of likely N-dealkylation sites (tertiary alicyclic amines) is 1. The molecule has 0 aliphatic carbocycles. The maximum absolute atomic E-state index is 13.2. The average Bonchev–Trinajstić information content (AvgIpc) is 2.20. The highest BCUT2D eigenvalue weighted by Crippen LogP contribution is 2.18. The molecule has 2 nitrogen and oxygen atoms in total. The lowest BCUT2D eigenvalue weighted by molar-refractivity contribution is 0.205. The Morgan fingerprint density at radius 1 is 1.29 bits per heavy atom. The van der Waals surface area contributed by atoms with E-state index in [1.807, 2.05) is 6.07 Å². The van der Waals surface area contributed by atoms with Crippen LogP contribution in [0.5, 0.6) is 0 Å². The highest BCUT2D eigenvalue weighted by atomic mass is 79.9. The zero-order valence-corrected chi connectivity index (χ0v) is 11.9. The molecular formula is C12H17BrClFN2. The fraction of sp³-hybridized carbons (Fsp3) is 0.500. The van der Waals surface area contributed by atoms with E-state index in [1.54, 1.807) is 6.07 Å². The van der Waals surface area contributed by atoms with E-state index in [1.165, 1.54) is 6.07 Å². The van der Waals surface area contributed by atoms with Crippen molar-refractivity contribution in [2.45, 2.75) is 25.4 Å². The van der Waals surface area contributed by atoms with Gasteiger partial charge < -0.3 is 5.73 Å². The van der Waals surface area contributed by atoms with Gasteiger partial charge in [-0.3, -0.25) is 4.90 Å². The van der Waals surface area contributed by atoms with Crippen LogP contribution in [-0.2, 0) is 6.54 Å². The molecule has 1 heterocycles. The topological polar surface area (TPSA) is 29.3 Å². The third-order valence-electron chi connectivity index (χ3n) is 2.96. The zero-order valence-electron chi connectivity index (χ0n) is 9.53. The molecule has 2 rings (SSSR count). The van der Waals surface area contributed by atoms with Gasteiger partial charge in [0.15, 0.2) is 0 Å². The highest BCUT2D eigenvalue weighted by Gasteiger charge is 2.16. The van der Waals surface area contributed by atoms with E-state index < -0.39 is 0 Å². The Balaban J connectivity index is 0.00000144. The zero-order chi connectivity index (χ0) is 11.5. The lowest BCUT2D eigenvalue weighted by atomic mass is 10.1. The molecule has 1 aliphatic rings. The van der Waals surface area contributed by atoms with Gasteiger partial charge in [0, 0.05) is 17.1 Å². The number of benzene rings is 1. The molecule has 0 radical (unpaired) electrons. The number of nitrogens with zero attached hydrogens (tertiary/aromatic N) is 1. The molecule has 0 saturated carbocycles. The first kappa shape index (κ1) is 14.9. The molecule has 1 aromatic carbocycles. The van der Waals surface area contributed by atoms with E-state index in [4.69, 9.17) is 5.73 Å². The molecule has 0 bridgehead atoms. The molecule has 1 fully saturated rings. The molecule has 0 aromatic heterocycles. The van der Waals surface area contributed by atoms with E-state index in [0.29, 0.717) is 6.04 Å². The Morgan fingerprint density at radius 2 is 1.94 bits per heavy atom. The summed E-state index contributed by atoms with van der Waals surface area (Å²) >= 11 is 3.31. The predicted molar refractivity (Wildman–Crippen MR) is 73.8 cm³/mol. The monoisotopic (exact) mass is 322 g/mol. The summed E-state index contributed by atoms with van der Waals surface area (Å²) < 4.78 is 14.0. The molecule has 0 atom stereocenters. The van der Waals surface area contributed by atoms with E-state index >= 15 is 0 Å². The summed E-state index contributed by atoms with van der Waals surface area (Å²) in [4.78, 5) is 2.32. The van der Waals surface area contributed by atoms with Crippen molar-refractivity contribution in [3.8, 4) is 0 Å². The quantitative estimate of drug-likeness (QED) is 0.907. The van der Waals surface area contributed by atoms with Crippen LogP contribution in [0.15, 0.2) is 22.7 Å². The van der Waals surface area contributed by atoms with Crippen LogP contribution in [0.4, 0.5) is 4.39 Å². The molecule has 1 saturated heterocycles. The standard InChI is InChI=1S/C12H16BrFN2.ClH/c13-10-5-9(6-11(14)7-10)8-16-3-1-12(15)2-4-16;/h5-7,12H,1-4,8,15H2;1H. The average molecular weight is 324 g/mol. The van der Waals surface area contributed by atoms with Gasteiger partial charge in [-0.15, -0.1) is 12.4 Å². The second kappa shape index (κ2) is 6.69. The van der Waals surface area contributed by atoms with Crippen LogP contribution in [0.1, 0.15) is 18.4 Å². The summed E-state index contributed by atoms with van der Waals surface area (Å²) in [7, 11) is 0. The van der Waals surface area contributed by atoms with Crippen molar-refractivity contribution >= 4 is 28.3 Å². The summed E-state index contributed by atoms with van der Waals surface area (Å²) in [5, 5.41) is 0. The summed E-state index contributed by atoms with van der Waals surface area (Å²) in [6.45, 7) is 2.83. The van der Waals surface area contributed by atoms with Gasteiger partial charge in [0.1, 0.15) is 5.82 Å². The first-order chi connectivity index (χ1) is 7.63. The second-order valence-corrected chi connectivity index (χ2v) is 5.31. The molecule has 0 unspecified atom stereocenters. The van der Waals surface area contributed by atoms with Crippen LogP contribution in [0, 0.1) is 5.82 Å². The number of hydrogen-bond donors (Lipinski definition) is 1. The lowest BCUT2D eigenvalue weighted by Gasteiger charge is -2.30. The number of nitrogens with two attached hydrogens (primary N) is 1. The van der Waals surface area contributed by atoms with Crippen LogP contribution in [0.25, 0.3) is 0 Å². The smallest absolute Gasteiger partial charge is 0.124 e. The van der Waals surface area contributed by atoms with Gasteiger partial charge in [-0.25, -0.2) is 4.39 Å². The largest absolute Gasteiger partial charge is 0.328 e. The molecule has 0 spiro atoms. The fourth-order valence-electron chi connectivity index (χ4n) is 2.07. The van der Waals surface area contributed by atoms with E-state index in [-0.39, 0.29) is 18.2 Å². The Labute approximate surface area is 116 Å². The normalized spacial score (nSPS) is 17.8. The van der Waals surface area contributed by atoms with Gasteiger partial charge in [0.2, 0.25) is 0 Å². The number of halogens is 3. The van der Waals surface area contributed by atoms with Gasteiger partial charge in [-0.05, 0) is 49.7 Å². The summed E-state index contributed by atoms with van der Waals surface area (Å²) in [5.41, 5.74) is 6.86. The Bertz CT molecular complexity index is 347. The van der Waals surface area contributed by atoms with Crippen molar-refractivity contribution in [3.63, 3.8) is 0 Å². The van der Waals surface area contributed by atoms with E-state index in [9.17, 15) is 4.39 Å². The fourth-order valence-corrected chi connectivity index (χ4v) is 2.58. The second-order valence-electron chi connectivity index (χ2n) is 4.39. The van der Waals surface area contributed by atoms with E-state index in [2.05, 4.69) is 20.8 Å². The third kappa shape index (κ3) is 4.54. The summed E-state index contributed by atoms with van der Waals surface area (Å²) in [6, 6.07) is 5.39. The van der Waals surface area contributed by atoms with Gasteiger partial charge in [-0.1, -0.05) is 15.9 Å². The molecule has 5 heteroatoms. The molecule has 17 heavy (non-hydrogen) atoms. The third-order valence-corrected chi connectivity index (χ3v) is 3.42. The van der Waals surface area contributed by atoms with Crippen LogP contribution < -0.4 is 5.73 Å². The molecule has 1 aromatic rings. The first-order valence-electron chi connectivity index (χ1n) is 5.56. The minimum absolute atomic E-state index is 0. The minimum atomic E-state index is -0.182. The summed E-state index contributed by atoms with van der Waals surface area (Å²) in [5.74, 6) is -0.182. The van der Waals surface area contributed by atoms with Gasteiger partial charge in [0.25, 0.3) is 0 Å². The van der Waals surface area contributed by atoms with Crippen molar-refractivity contribution < 1.29 is 4.39 Å². The minimum Gasteiger partial charge on any atom is -0.328 e. The maximum Gasteiger partial charge on any atom is 0.124 e. The Kier molecular flexibility index (Phi) is 5.86. The van der Waals surface area contributed by atoms with Crippen LogP contribution in [-0.4, -0.2) is 24.0 Å². The van der Waals surface area contributed by atoms with Gasteiger partial charge in [0.05, 0.1) is 0 Å². The first-order valence-corrected chi connectivity index (χ1v) is 6.36. The van der Waals surface area contributed by atoms with Crippen molar-refractivity contribution in [2.24, 2.45) is 5.73 Å². The van der Waals surface area contributed by atoms with Crippen molar-refractivity contribution in [2.75, 3.05) is 13.1 Å². The van der Waals surface area contributed by atoms with Gasteiger partial charge in [-0.2, -0.15) is 0 Å². The number of hydrogen-bond acceptors (Lipinski definition) is 2. The molecule has 1 aliphatic heterocycles. The van der Waals surface area contributed by atoms with Crippen molar-refractivity contribution in [1.82, 2.24) is 4.90 Å². The molecule has 0 amide bonds. The summed E-state index contributed by atoms with van der Waals surface area (Å²) in [6.07, 6.45) is 2.08. The molecule has 2 N–H and O–H groups in total. The Hall–Kier alpha value is -0.160. The van der Waals surface area contributed by atoms with Crippen molar-refractivity contribution in [3.05, 3.63) is 34.1 Å². The van der Waals surface area contributed by atoms with Crippen molar-refractivity contribution in [1.29, 1.82) is 0 Å².